The molecule has 82 valence electrons. The van der Waals surface area contributed by atoms with Gasteiger partial charge in [-0.25, -0.2) is 0 Å². The molecule has 0 aliphatic carbocycles. The lowest BCUT2D eigenvalue weighted by molar-refractivity contribution is -0.123. The number of ether oxygens (including phenoxy) is 1. The summed E-state index contributed by atoms with van der Waals surface area (Å²) in [5.41, 5.74) is 5.04. The van der Waals surface area contributed by atoms with Crippen LogP contribution in [0, 0.1) is 0 Å². The Balaban J connectivity index is 2.95. The van der Waals surface area contributed by atoms with Crippen LogP contribution in [0.4, 0.5) is 0 Å². The number of halogens is 3. The van der Waals surface area contributed by atoms with Crippen molar-refractivity contribution in [2.75, 3.05) is 0 Å². The van der Waals surface area contributed by atoms with Crippen molar-refractivity contribution >= 4 is 40.7 Å². The Morgan fingerprint density at radius 1 is 1.27 bits per heavy atom. The molecule has 0 saturated heterocycles. The molecule has 1 amide bonds. The Kier molecular flexibility index (Phi) is 4.08. The van der Waals surface area contributed by atoms with Crippen LogP contribution in [0.3, 0.4) is 0 Å². The standard InChI is InChI=1S/C9H8Cl3NO2/c1-4(9(13)14)15-8-3-6(11)5(10)2-7(8)12/h2-4H,1H3,(H2,13,14)/t4-/m1/s1. The van der Waals surface area contributed by atoms with Crippen LogP contribution in [0.5, 0.6) is 5.75 Å². The zero-order valence-electron chi connectivity index (χ0n) is 7.76. The second kappa shape index (κ2) is 4.92. The topological polar surface area (TPSA) is 52.3 Å². The van der Waals surface area contributed by atoms with E-state index >= 15 is 0 Å². The van der Waals surface area contributed by atoms with E-state index in [2.05, 4.69) is 0 Å². The minimum atomic E-state index is -0.778. The highest BCUT2D eigenvalue weighted by Crippen LogP contribution is 2.34. The van der Waals surface area contributed by atoms with Gasteiger partial charge < -0.3 is 10.5 Å². The second-order valence-electron chi connectivity index (χ2n) is 2.86. The summed E-state index contributed by atoms with van der Waals surface area (Å²) in [4.78, 5) is 10.8. The van der Waals surface area contributed by atoms with E-state index in [1.807, 2.05) is 0 Å². The molecule has 0 saturated carbocycles. The van der Waals surface area contributed by atoms with Crippen LogP contribution in [0.2, 0.25) is 15.1 Å². The van der Waals surface area contributed by atoms with E-state index in [1.165, 1.54) is 19.1 Å². The van der Waals surface area contributed by atoms with Crippen LogP contribution in [0.1, 0.15) is 6.92 Å². The molecular formula is C9H8Cl3NO2. The van der Waals surface area contributed by atoms with Crippen LogP contribution in [-0.2, 0) is 4.79 Å². The van der Waals surface area contributed by atoms with Gasteiger partial charge in [-0.2, -0.15) is 0 Å². The van der Waals surface area contributed by atoms with Gasteiger partial charge in [0.2, 0.25) is 0 Å². The lowest BCUT2D eigenvalue weighted by atomic mass is 10.3. The first-order valence-electron chi connectivity index (χ1n) is 4.02. The van der Waals surface area contributed by atoms with E-state index < -0.39 is 12.0 Å². The van der Waals surface area contributed by atoms with Crippen LogP contribution in [0.15, 0.2) is 12.1 Å². The van der Waals surface area contributed by atoms with Crippen LogP contribution >= 0.6 is 34.8 Å². The first-order chi connectivity index (χ1) is 6.91. The van der Waals surface area contributed by atoms with Crippen molar-refractivity contribution in [3.05, 3.63) is 27.2 Å². The molecule has 15 heavy (non-hydrogen) atoms. The summed E-state index contributed by atoms with van der Waals surface area (Å²) in [5, 5.41) is 0.894. The number of amides is 1. The van der Waals surface area contributed by atoms with Gasteiger partial charge in [-0.3, -0.25) is 4.79 Å². The summed E-state index contributed by atoms with van der Waals surface area (Å²) < 4.78 is 5.19. The molecule has 0 aliphatic heterocycles. The van der Waals surface area contributed by atoms with Crippen LogP contribution in [0.25, 0.3) is 0 Å². The Hall–Kier alpha value is -0.640. The number of hydrogen-bond acceptors (Lipinski definition) is 2. The lowest BCUT2D eigenvalue weighted by Crippen LogP contribution is -2.30. The van der Waals surface area contributed by atoms with Gasteiger partial charge in [-0.05, 0) is 13.0 Å². The van der Waals surface area contributed by atoms with Crippen molar-refractivity contribution in [1.82, 2.24) is 0 Å². The fraction of sp³-hybridized carbons (Fsp3) is 0.222. The number of carbonyl (C=O) groups is 1. The van der Waals surface area contributed by atoms with Gasteiger partial charge in [-0.1, -0.05) is 34.8 Å². The monoisotopic (exact) mass is 267 g/mol. The van der Waals surface area contributed by atoms with Crippen molar-refractivity contribution in [1.29, 1.82) is 0 Å². The van der Waals surface area contributed by atoms with E-state index in [-0.39, 0.29) is 10.8 Å². The smallest absolute Gasteiger partial charge is 0.258 e. The van der Waals surface area contributed by atoms with Crippen molar-refractivity contribution in [2.24, 2.45) is 5.73 Å². The molecule has 3 nitrogen and oxygen atoms in total. The van der Waals surface area contributed by atoms with Gasteiger partial charge in [0.1, 0.15) is 5.75 Å². The molecule has 1 atom stereocenters. The summed E-state index contributed by atoms with van der Waals surface area (Å²) in [6.07, 6.45) is -0.778. The van der Waals surface area contributed by atoms with Gasteiger partial charge in [0.05, 0.1) is 15.1 Å². The zero-order chi connectivity index (χ0) is 11.6. The predicted octanol–water partition coefficient (Wildman–Crippen LogP) is 2.90. The fourth-order valence-corrected chi connectivity index (χ4v) is 1.42. The first kappa shape index (κ1) is 12.4. The zero-order valence-corrected chi connectivity index (χ0v) is 10.0. The minimum absolute atomic E-state index is 0.275. The molecular weight excluding hydrogens is 260 g/mol. The highest BCUT2D eigenvalue weighted by Gasteiger charge is 2.14. The van der Waals surface area contributed by atoms with E-state index in [1.54, 1.807) is 0 Å². The summed E-state index contributed by atoms with van der Waals surface area (Å²) in [7, 11) is 0. The quantitative estimate of drug-likeness (QED) is 0.857. The Labute approximate surface area is 102 Å². The van der Waals surface area contributed by atoms with Gasteiger partial charge in [0.25, 0.3) is 5.91 Å². The number of carbonyl (C=O) groups excluding carboxylic acids is 1. The van der Waals surface area contributed by atoms with Gasteiger partial charge >= 0.3 is 0 Å². The Bertz CT molecular complexity index is 395. The molecule has 1 aromatic carbocycles. The van der Waals surface area contributed by atoms with Gasteiger partial charge in [-0.15, -0.1) is 0 Å². The molecule has 0 aliphatic rings. The Morgan fingerprint density at radius 3 is 2.33 bits per heavy atom. The summed E-state index contributed by atoms with van der Waals surface area (Å²) in [6.45, 7) is 1.52. The van der Waals surface area contributed by atoms with Crippen molar-refractivity contribution in [3.63, 3.8) is 0 Å². The van der Waals surface area contributed by atoms with Gasteiger partial charge in [0, 0.05) is 6.07 Å². The van der Waals surface area contributed by atoms with E-state index in [9.17, 15) is 4.79 Å². The highest BCUT2D eigenvalue weighted by atomic mass is 35.5. The number of primary amides is 1. The summed E-state index contributed by atoms with van der Waals surface area (Å²) in [6, 6.07) is 2.88. The average molecular weight is 269 g/mol. The van der Waals surface area contributed by atoms with Crippen LogP contribution in [-0.4, -0.2) is 12.0 Å². The second-order valence-corrected chi connectivity index (χ2v) is 4.08. The largest absolute Gasteiger partial charge is 0.479 e. The summed E-state index contributed by atoms with van der Waals surface area (Å²) >= 11 is 17.3. The van der Waals surface area contributed by atoms with E-state index in [0.717, 1.165) is 0 Å². The maximum atomic E-state index is 10.8. The molecule has 1 aromatic rings. The number of nitrogens with two attached hydrogens (primary N) is 1. The molecule has 1 rings (SSSR count). The van der Waals surface area contributed by atoms with E-state index in [0.29, 0.717) is 10.0 Å². The molecule has 0 heterocycles. The molecule has 0 bridgehead atoms. The lowest BCUT2D eigenvalue weighted by Gasteiger charge is -2.13. The third kappa shape index (κ3) is 3.16. The molecule has 0 aromatic heterocycles. The normalized spacial score (nSPS) is 12.3. The number of rotatable bonds is 3. The highest BCUT2D eigenvalue weighted by molar-refractivity contribution is 6.43. The maximum absolute atomic E-state index is 10.8. The third-order valence-electron chi connectivity index (χ3n) is 1.68. The van der Waals surface area contributed by atoms with Crippen molar-refractivity contribution in [2.45, 2.75) is 13.0 Å². The molecule has 0 radical (unpaired) electrons. The fourth-order valence-electron chi connectivity index (χ4n) is 0.843. The summed E-state index contributed by atoms with van der Waals surface area (Å²) in [5.74, 6) is -0.311. The molecule has 0 fully saturated rings. The first-order valence-corrected chi connectivity index (χ1v) is 5.15. The number of benzene rings is 1. The average Bonchev–Trinajstić information content (AvgIpc) is 2.13. The molecule has 0 spiro atoms. The van der Waals surface area contributed by atoms with Crippen molar-refractivity contribution < 1.29 is 9.53 Å². The molecule has 0 unspecified atom stereocenters. The maximum Gasteiger partial charge on any atom is 0.258 e. The molecule has 6 heteroatoms. The van der Waals surface area contributed by atoms with Gasteiger partial charge in [0.15, 0.2) is 6.10 Å². The molecule has 2 N–H and O–H groups in total. The third-order valence-corrected chi connectivity index (χ3v) is 2.70. The van der Waals surface area contributed by atoms with Crippen LogP contribution < -0.4 is 10.5 Å². The minimum Gasteiger partial charge on any atom is -0.479 e. The Morgan fingerprint density at radius 2 is 1.80 bits per heavy atom. The number of hydrogen-bond donors (Lipinski definition) is 1. The SMILES string of the molecule is C[C@@H](Oc1cc(Cl)c(Cl)cc1Cl)C(N)=O. The predicted molar refractivity (Wildman–Crippen MR) is 60.8 cm³/mol. The van der Waals surface area contributed by atoms with Crippen molar-refractivity contribution in [3.8, 4) is 5.75 Å². The van der Waals surface area contributed by atoms with E-state index in [4.69, 9.17) is 45.3 Å².